The van der Waals surface area contributed by atoms with Crippen molar-refractivity contribution >= 4 is 0 Å². The molecule has 0 aliphatic carbocycles. The zero-order chi connectivity index (χ0) is 13.5. The van der Waals surface area contributed by atoms with Crippen molar-refractivity contribution in [2.24, 2.45) is 11.3 Å². The van der Waals surface area contributed by atoms with Crippen molar-refractivity contribution in [3.63, 3.8) is 0 Å². The van der Waals surface area contributed by atoms with Gasteiger partial charge in [0.1, 0.15) is 0 Å². The highest BCUT2D eigenvalue weighted by molar-refractivity contribution is 4.81. The second kappa shape index (κ2) is 8.10. The molecule has 2 heteroatoms. The van der Waals surface area contributed by atoms with Gasteiger partial charge in [0.15, 0.2) is 0 Å². The molecule has 0 aliphatic heterocycles. The summed E-state index contributed by atoms with van der Waals surface area (Å²) in [6, 6.07) is 0.635. The van der Waals surface area contributed by atoms with Crippen molar-refractivity contribution in [3.8, 4) is 0 Å². The first-order valence-electron chi connectivity index (χ1n) is 7.21. The van der Waals surface area contributed by atoms with Crippen LogP contribution in [-0.4, -0.2) is 37.6 Å². The van der Waals surface area contributed by atoms with E-state index in [0.29, 0.717) is 11.5 Å². The Balaban J connectivity index is 4.24. The van der Waals surface area contributed by atoms with Crippen LogP contribution in [0.3, 0.4) is 0 Å². The van der Waals surface area contributed by atoms with Crippen molar-refractivity contribution in [2.75, 3.05) is 26.7 Å². The van der Waals surface area contributed by atoms with E-state index < -0.39 is 0 Å². The third-order valence-corrected chi connectivity index (χ3v) is 3.47. The highest BCUT2D eigenvalue weighted by Crippen LogP contribution is 2.24. The Hall–Kier alpha value is -0.0800. The van der Waals surface area contributed by atoms with Gasteiger partial charge in [-0.1, -0.05) is 34.1 Å². The number of hydrogen-bond donors (Lipinski definition) is 1. The van der Waals surface area contributed by atoms with E-state index in [0.717, 1.165) is 19.0 Å². The lowest BCUT2D eigenvalue weighted by atomic mass is 9.84. The van der Waals surface area contributed by atoms with E-state index in [2.05, 4.69) is 58.8 Å². The van der Waals surface area contributed by atoms with Gasteiger partial charge in [0, 0.05) is 19.1 Å². The molecule has 0 heterocycles. The quantitative estimate of drug-likeness (QED) is 0.667. The van der Waals surface area contributed by atoms with Crippen LogP contribution in [0.5, 0.6) is 0 Å². The molecule has 0 fully saturated rings. The van der Waals surface area contributed by atoms with Crippen LogP contribution in [-0.2, 0) is 0 Å². The molecular formula is C15H34N2. The van der Waals surface area contributed by atoms with E-state index in [1.807, 2.05) is 0 Å². The fourth-order valence-corrected chi connectivity index (χ4v) is 2.27. The van der Waals surface area contributed by atoms with Crippen molar-refractivity contribution in [1.82, 2.24) is 10.2 Å². The van der Waals surface area contributed by atoms with Crippen LogP contribution in [0.1, 0.15) is 54.4 Å². The summed E-state index contributed by atoms with van der Waals surface area (Å²) < 4.78 is 0. The third kappa shape index (κ3) is 7.77. The summed E-state index contributed by atoms with van der Waals surface area (Å²) in [7, 11) is 2.24. The van der Waals surface area contributed by atoms with E-state index in [-0.39, 0.29) is 0 Å². The van der Waals surface area contributed by atoms with Gasteiger partial charge in [-0.05, 0) is 45.2 Å². The van der Waals surface area contributed by atoms with Crippen LogP contribution in [0, 0.1) is 11.3 Å². The Kier molecular flexibility index (Phi) is 8.06. The van der Waals surface area contributed by atoms with Gasteiger partial charge in [0.05, 0.1) is 0 Å². The molecule has 0 radical (unpaired) electrons. The lowest BCUT2D eigenvalue weighted by molar-refractivity contribution is 0.147. The SMILES string of the molecule is CCCC(C)(CNCC(C)C)CN(C)C(C)C. The Labute approximate surface area is 109 Å². The highest BCUT2D eigenvalue weighted by Gasteiger charge is 2.25. The fraction of sp³-hybridized carbons (Fsp3) is 1.00. The molecule has 0 aliphatic rings. The fourth-order valence-electron chi connectivity index (χ4n) is 2.27. The Morgan fingerprint density at radius 2 is 1.76 bits per heavy atom. The number of nitrogens with one attached hydrogen (secondary N) is 1. The van der Waals surface area contributed by atoms with E-state index in [1.165, 1.54) is 19.4 Å². The molecule has 1 unspecified atom stereocenters. The molecule has 17 heavy (non-hydrogen) atoms. The summed E-state index contributed by atoms with van der Waals surface area (Å²) in [5.74, 6) is 0.740. The van der Waals surface area contributed by atoms with Gasteiger partial charge in [0.2, 0.25) is 0 Å². The molecular weight excluding hydrogens is 208 g/mol. The number of rotatable bonds is 9. The summed E-state index contributed by atoms with van der Waals surface area (Å²) in [6.45, 7) is 17.2. The zero-order valence-electron chi connectivity index (χ0n) is 13.1. The van der Waals surface area contributed by atoms with Crippen molar-refractivity contribution in [2.45, 2.75) is 60.4 Å². The molecule has 0 saturated heterocycles. The molecule has 1 N–H and O–H groups in total. The Bertz CT molecular complexity index is 189. The van der Waals surface area contributed by atoms with Crippen LogP contribution in [0.15, 0.2) is 0 Å². The third-order valence-electron chi connectivity index (χ3n) is 3.47. The maximum absolute atomic E-state index is 3.63. The van der Waals surface area contributed by atoms with E-state index in [4.69, 9.17) is 0 Å². The van der Waals surface area contributed by atoms with Gasteiger partial charge in [-0.2, -0.15) is 0 Å². The van der Waals surface area contributed by atoms with Gasteiger partial charge in [-0.25, -0.2) is 0 Å². The highest BCUT2D eigenvalue weighted by atomic mass is 15.1. The summed E-state index contributed by atoms with van der Waals surface area (Å²) in [6.07, 6.45) is 2.57. The van der Waals surface area contributed by atoms with Crippen LogP contribution in [0.25, 0.3) is 0 Å². The minimum atomic E-state index is 0.405. The smallest absolute Gasteiger partial charge is 0.00471 e. The first-order valence-corrected chi connectivity index (χ1v) is 7.21. The summed E-state index contributed by atoms with van der Waals surface area (Å²) in [5.41, 5.74) is 0.405. The standard InChI is InChI=1S/C15H34N2/c1-8-9-15(6,11-16-10-13(2)3)12-17(7)14(4)5/h13-14,16H,8-12H2,1-7H3. The predicted molar refractivity (Wildman–Crippen MR) is 78.5 cm³/mol. The van der Waals surface area contributed by atoms with Crippen LogP contribution < -0.4 is 5.32 Å². The monoisotopic (exact) mass is 242 g/mol. The molecule has 0 saturated carbocycles. The van der Waals surface area contributed by atoms with Crippen LogP contribution in [0.4, 0.5) is 0 Å². The number of nitrogens with zero attached hydrogens (tertiary/aromatic N) is 1. The molecule has 0 aromatic rings. The molecule has 0 spiro atoms. The van der Waals surface area contributed by atoms with E-state index in [1.54, 1.807) is 0 Å². The molecule has 1 atom stereocenters. The second-order valence-electron chi connectivity index (χ2n) is 6.59. The van der Waals surface area contributed by atoms with E-state index in [9.17, 15) is 0 Å². The Morgan fingerprint density at radius 1 is 1.18 bits per heavy atom. The normalized spacial score (nSPS) is 15.9. The zero-order valence-corrected chi connectivity index (χ0v) is 13.1. The second-order valence-corrected chi connectivity index (χ2v) is 6.59. The largest absolute Gasteiger partial charge is 0.316 e. The maximum Gasteiger partial charge on any atom is 0.00471 e. The van der Waals surface area contributed by atoms with Crippen LogP contribution >= 0.6 is 0 Å². The molecule has 0 aromatic carbocycles. The molecule has 0 amide bonds. The summed E-state index contributed by atoms with van der Waals surface area (Å²) >= 11 is 0. The lowest BCUT2D eigenvalue weighted by Crippen LogP contribution is -2.43. The number of hydrogen-bond acceptors (Lipinski definition) is 2. The molecule has 0 rings (SSSR count). The van der Waals surface area contributed by atoms with Crippen molar-refractivity contribution in [3.05, 3.63) is 0 Å². The minimum Gasteiger partial charge on any atom is -0.316 e. The molecule has 0 bridgehead atoms. The predicted octanol–water partition coefficient (Wildman–Crippen LogP) is 3.38. The average molecular weight is 242 g/mol. The molecule has 0 aromatic heterocycles. The lowest BCUT2D eigenvalue weighted by Gasteiger charge is -2.36. The van der Waals surface area contributed by atoms with Gasteiger partial charge in [-0.15, -0.1) is 0 Å². The van der Waals surface area contributed by atoms with Crippen molar-refractivity contribution < 1.29 is 0 Å². The molecule has 2 nitrogen and oxygen atoms in total. The average Bonchev–Trinajstić information content (AvgIpc) is 2.16. The first kappa shape index (κ1) is 16.9. The maximum atomic E-state index is 3.63. The summed E-state index contributed by atoms with van der Waals surface area (Å²) in [4.78, 5) is 2.46. The van der Waals surface area contributed by atoms with Crippen LogP contribution in [0.2, 0.25) is 0 Å². The van der Waals surface area contributed by atoms with E-state index >= 15 is 0 Å². The van der Waals surface area contributed by atoms with Gasteiger partial charge < -0.3 is 10.2 Å². The van der Waals surface area contributed by atoms with Gasteiger partial charge in [0.25, 0.3) is 0 Å². The Morgan fingerprint density at radius 3 is 2.18 bits per heavy atom. The van der Waals surface area contributed by atoms with Crippen molar-refractivity contribution in [1.29, 1.82) is 0 Å². The topological polar surface area (TPSA) is 15.3 Å². The summed E-state index contributed by atoms with van der Waals surface area (Å²) in [5, 5.41) is 3.63. The molecule has 104 valence electrons. The minimum absolute atomic E-state index is 0.405. The van der Waals surface area contributed by atoms with Gasteiger partial charge in [-0.3, -0.25) is 0 Å². The first-order chi connectivity index (χ1) is 7.80. The van der Waals surface area contributed by atoms with Gasteiger partial charge >= 0.3 is 0 Å².